The molecule has 2 heterocycles. The third kappa shape index (κ3) is 4.48. The van der Waals surface area contributed by atoms with Crippen molar-refractivity contribution in [1.82, 2.24) is 25.5 Å². The lowest BCUT2D eigenvalue weighted by Crippen LogP contribution is -2.22. The van der Waals surface area contributed by atoms with E-state index in [2.05, 4.69) is 36.1 Å². The highest BCUT2D eigenvalue weighted by Gasteiger charge is 2.30. The van der Waals surface area contributed by atoms with Crippen molar-refractivity contribution in [1.29, 1.82) is 0 Å². The average Bonchev–Trinajstić information content (AvgIpc) is 3.65. The van der Waals surface area contributed by atoms with Crippen molar-refractivity contribution < 1.29 is 14.3 Å². The van der Waals surface area contributed by atoms with Gasteiger partial charge >= 0.3 is 0 Å². The highest BCUT2D eigenvalue weighted by molar-refractivity contribution is 6.00. The van der Waals surface area contributed by atoms with Crippen molar-refractivity contribution in [2.45, 2.75) is 19.8 Å². The second kappa shape index (κ2) is 8.96. The van der Waals surface area contributed by atoms with Crippen LogP contribution in [0.5, 0.6) is 5.75 Å². The van der Waals surface area contributed by atoms with Crippen LogP contribution in [0.2, 0.25) is 0 Å². The minimum Gasteiger partial charge on any atom is -0.494 e. The molecule has 2 amide bonds. The average molecular weight is 433 g/mol. The van der Waals surface area contributed by atoms with Crippen LogP contribution < -0.4 is 20.7 Å². The van der Waals surface area contributed by atoms with E-state index in [1.54, 1.807) is 31.6 Å². The molecule has 1 fully saturated rings. The number of aryl methyl sites for hydroxylation is 1. The normalized spacial score (nSPS) is 12.7. The van der Waals surface area contributed by atoms with Crippen molar-refractivity contribution in [3.63, 3.8) is 0 Å². The number of rotatable bonds is 7. The molecule has 3 N–H and O–H groups in total. The van der Waals surface area contributed by atoms with E-state index in [0.717, 1.165) is 18.4 Å². The zero-order valence-corrected chi connectivity index (χ0v) is 18.0. The molecule has 1 aromatic carbocycles. The SMILES string of the molecule is CNC(=O)c1nnc(NC(=O)C2CC2)cc1Nc1cccc(-c2ncc(C)cn2)c1OC. The van der Waals surface area contributed by atoms with Crippen LogP contribution in [-0.4, -0.2) is 46.1 Å². The van der Waals surface area contributed by atoms with E-state index in [1.165, 1.54) is 7.05 Å². The third-order valence-corrected chi connectivity index (χ3v) is 4.95. The number of hydrogen-bond donors (Lipinski definition) is 3. The maximum absolute atomic E-state index is 12.4. The fourth-order valence-corrected chi connectivity index (χ4v) is 3.12. The molecule has 1 aliphatic rings. The van der Waals surface area contributed by atoms with Crippen LogP contribution in [0.25, 0.3) is 11.4 Å². The van der Waals surface area contributed by atoms with E-state index in [0.29, 0.717) is 28.5 Å². The second-order valence-electron chi connectivity index (χ2n) is 7.43. The Balaban J connectivity index is 1.71. The highest BCUT2D eigenvalue weighted by Crippen LogP contribution is 2.37. The van der Waals surface area contributed by atoms with Gasteiger partial charge in [-0.3, -0.25) is 9.59 Å². The minimum absolute atomic E-state index is 0.0121. The smallest absolute Gasteiger partial charge is 0.273 e. The summed E-state index contributed by atoms with van der Waals surface area (Å²) < 4.78 is 5.65. The zero-order chi connectivity index (χ0) is 22.7. The van der Waals surface area contributed by atoms with Gasteiger partial charge in [-0.1, -0.05) is 6.07 Å². The molecule has 1 aliphatic carbocycles. The van der Waals surface area contributed by atoms with Crippen LogP contribution in [-0.2, 0) is 4.79 Å². The maximum atomic E-state index is 12.4. The lowest BCUT2D eigenvalue weighted by atomic mass is 10.1. The number of anilines is 3. The Morgan fingerprint density at radius 2 is 1.84 bits per heavy atom. The predicted molar refractivity (Wildman–Crippen MR) is 119 cm³/mol. The number of benzene rings is 1. The van der Waals surface area contributed by atoms with Gasteiger partial charge in [-0.05, 0) is 37.5 Å². The summed E-state index contributed by atoms with van der Waals surface area (Å²) in [6, 6.07) is 7.05. The Morgan fingerprint density at radius 1 is 1.09 bits per heavy atom. The summed E-state index contributed by atoms with van der Waals surface area (Å²) >= 11 is 0. The van der Waals surface area contributed by atoms with Gasteiger partial charge in [0.1, 0.15) is 0 Å². The molecule has 0 aliphatic heterocycles. The van der Waals surface area contributed by atoms with Crippen molar-refractivity contribution in [2.24, 2.45) is 5.92 Å². The van der Waals surface area contributed by atoms with Gasteiger partial charge in [-0.25, -0.2) is 9.97 Å². The zero-order valence-electron chi connectivity index (χ0n) is 18.0. The Kier molecular flexibility index (Phi) is 5.93. The Hall–Kier alpha value is -4.08. The molecule has 0 bridgehead atoms. The number of nitrogens with zero attached hydrogens (tertiary/aromatic N) is 4. The van der Waals surface area contributed by atoms with E-state index in [1.807, 2.05) is 19.1 Å². The van der Waals surface area contributed by atoms with Gasteiger partial charge in [0.25, 0.3) is 5.91 Å². The van der Waals surface area contributed by atoms with Gasteiger partial charge < -0.3 is 20.7 Å². The van der Waals surface area contributed by atoms with Gasteiger partial charge in [0.05, 0.1) is 24.0 Å². The number of para-hydroxylation sites is 1. The number of amides is 2. The topological polar surface area (TPSA) is 131 Å². The number of hydrogen-bond acceptors (Lipinski definition) is 8. The Morgan fingerprint density at radius 3 is 2.50 bits per heavy atom. The van der Waals surface area contributed by atoms with Crippen molar-refractivity contribution >= 4 is 29.0 Å². The molecule has 164 valence electrons. The monoisotopic (exact) mass is 433 g/mol. The first-order valence-electron chi connectivity index (χ1n) is 10.1. The lowest BCUT2D eigenvalue weighted by Gasteiger charge is -2.16. The summed E-state index contributed by atoms with van der Waals surface area (Å²) in [7, 11) is 3.05. The van der Waals surface area contributed by atoms with Crippen LogP contribution in [0.3, 0.4) is 0 Å². The summed E-state index contributed by atoms with van der Waals surface area (Å²) in [5, 5.41) is 16.5. The first-order chi connectivity index (χ1) is 15.5. The molecule has 4 rings (SSSR count). The number of aromatic nitrogens is 4. The lowest BCUT2D eigenvalue weighted by molar-refractivity contribution is -0.117. The van der Waals surface area contributed by atoms with Crippen LogP contribution in [0.15, 0.2) is 36.7 Å². The first-order valence-corrected chi connectivity index (χ1v) is 10.1. The molecular weight excluding hydrogens is 410 g/mol. The maximum Gasteiger partial charge on any atom is 0.273 e. The third-order valence-electron chi connectivity index (χ3n) is 4.95. The van der Waals surface area contributed by atoms with Crippen LogP contribution in [0, 0.1) is 12.8 Å². The molecule has 0 radical (unpaired) electrons. The van der Waals surface area contributed by atoms with Gasteiger partial charge in [0, 0.05) is 31.4 Å². The second-order valence-corrected chi connectivity index (χ2v) is 7.43. The quantitative estimate of drug-likeness (QED) is 0.518. The standard InChI is InChI=1S/C22H23N7O3/c1-12-10-24-20(25-11-12)14-5-4-6-15(19(14)32-3)26-16-9-17(27-21(30)13-7-8-13)28-29-18(16)22(31)23-2/h4-6,9-11,13H,7-8H2,1-3H3,(H,23,31)(H2,26,27,28,30). The largest absolute Gasteiger partial charge is 0.494 e. The van der Waals surface area contributed by atoms with Gasteiger partial charge in [0.2, 0.25) is 5.91 Å². The van der Waals surface area contributed by atoms with Crippen molar-refractivity contribution in [3.8, 4) is 17.1 Å². The molecule has 3 aromatic rings. The van der Waals surface area contributed by atoms with E-state index in [4.69, 9.17) is 4.74 Å². The van der Waals surface area contributed by atoms with Crippen molar-refractivity contribution in [2.75, 3.05) is 24.8 Å². The van der Waals surface area contributed by atoms with E-state index >= 15 is 0 Å². The van der Waals surface area contributed by atoms with E-state index in [9.17, 15) is 9.59 Å². The highest BCUT2D eigenvalue weighted by atomic mass is 16.5. The predicted octanol–water partition coefficient (Wildman–Crippen LogP) is 2.70. The molecule has 0 saturated heterocycles. The number of carbonyl (C=O) groups is 2. The molecule has 1 saturated carbocycles. The summed E-state index contributed by atoms with van der Waals surface area (Å²) in [5.41, 5.74) is 2.65. The minimum atomic E-state index is -0.419. The molecular formula is C22H23N7O3. The summed E-state index contributed by atoms with van der Waals surface area (Å²) in [5.74, 6) is 0.755. The molecule has 2 aromatic heterocycles. The van der Waals surface area contributed by atoms with Gasteiger partial charge in [0.15, 0.2) is 23.1 Å². The molecule has 10 heteroatoms. The Labute approximate surface area is 184 Å². The van der Waals surface area contributed by atoms with Crippen LogP contribution in [0.4, 0.5) is 17.2 Å². The molecule has 0 unspecified atom stereocenters. The summed E-state index contributed by atoms with van der Waals surface area (Å²) in [6.45, 7) is 1.91. The van der Waals surface area contributed by atoms with Crippen LogP contribution >= 0.6 is 0 Å². The first kappa shape index (κ1) is 21.2. The van der Waals surface area contributed by atoms with E-state index in [-0.39, 0.29) is 23.3 Å². The summed E-state index contributed by atoms with van der Waals surface area (Å²) in [4.78, 5) is 33.3. The summed E-state index contributed by atoms with van der Waals surface area (Å²) in [6.07, 6.45) is 5.19. The number of nitrogens with one attached hydrogen (secondary N) is 3. The van der Waals surface area contributed by atoms with Crippen molar-refractivity contribution in [3.05, 3.63) is 47.9 Å². The molecule has 32 heavy (non-hydrogen) atoms. The fraction of sp³-hybridized carbons (Fsp3) is 0.273. The fourth-order valence-electron chi connectivity index (χ4n) is 3.12. The van der Waals surface area contributed by atoms with Crippen LogP contribution in [0.1, 0.15) is 28.9 Å². The molecule has 0 spiro atoms. The van der Waals surface area contributed by atoms with Gasteiger partial charge in [-0.2, -0.15) is 0 Å². The molecule has 10 nitrogen and oxygen atoms in total. The number of methoxy groups -OCH3 is 1. The van der Waals surface area contributed by atoms with E-state index < -0.39 is 5.91 Å². The number of ether oxygens (including phenoxy) is 1. The van der Waals surface area contributed by atoms with Gasteiger partial charge in [-0.15, -0.1) is 10.2 Å². The Bertz CT molecular complexity index is 1160. The number of carbonyl (C=O) groups excluding carboxylic acids is 2. The molecule has 0 atom stereocenters.